The fourth-order valence-electron chi connectivity index (χ4n) is 1.66. The highest BCUT2D eigenvalue weighted by Crippen LogP contribution is 2.41. The molecule has 1 aromatic heterocycles. The third kappa shape index (κ3) is 2.45. The molecule has 0 spiro atoms. The quantitative estimate of drug-likeness (QED) is 0.720. The van der Waals surface area contributed by atoms with Gasteiger partial charge in [-0.05, 0) is 46.4 Å². The third-order valence-electron chi connectivity index (χ3n) is 2.59. The van der Waals surface area contributed by atoms with Crippen molar-refractivity contribution in [2.24, 2.45) is 0 Å². The third-order valence-corrected chi connectivity index (χ3v) is 5.24. The predicted octanol–water partition coefficient (Wildman–Crippen LogP) is 5.21. The highest BCUT2D eigenvalue weighted by Gasteiger charge is 2.32. The summed E-state index contributed by atoms with van der Waals surface area (Å²) in [6, 6.07) is 4.27. The highest BCUT2D eigenvalue weighted by atomic mass is 79.9. The van der Waals surface area contributed by atoms with Crippen LogP contribution in [0.5, 0.6) is 0 Å². The first-order valence-corrected chi connectivity index (χ1v) is 7.37. The van der Waals surface area contributed by atoms with Gasteiger partial charge < -0.3 is 5.11 Å². The Hall–Kier alpha value is -0.130. The average molecular weight is 370 g/mol. The Morgan fingerprint density at radius 3 is 2.56 bits per heavy atom. The maximum absolute atomic E-state index is 13.5. The summed E-state index contributed by atoms with van der Waals surface area (Å²) < 4.78 is 14.3. The van der Waals surface area contributed by atoms with Crippen molar-refractivity contribution in [1.29, 1.82) is 0 Å². The predicted molar refractivity (Wildman–Crippen MR) is 77.1 cm³/mol. The minimum atomic E-state index is -1.38. The monoisotopic (exact) mass is 368 g/mol. The van der Waals surface area contributed by atoms with Crippen LogP contribution in [0.15, 0.2) is 28.1 Å². The van der Waals surface area contributed by atoms with Gasteiger partial charge in [-0.25, -0.2) is 4.39 Å². The second-order valence-corrected chi connectivity index (χ2v) is 6.50. The van der Waals surface area contributed by atoms with Crippen molar-refractivity contribution in [2.75, 3.05) is 0 Å². The Bertz CT molecular complexity index is 598. The van der Waals surface area contributed by atoms with Gasteiger partial charge in [-0.15, -0.1) is 11.3 Å². The maximum atomic E-state index is 13.5. The average Bonchev–Trinajstić information content (AvgIpc) is 2.70. The molecule has 0 saturated heterocycles. The van der Waals surface area contributed by atoms with Crippen LogP contribution in [0, 0.1) is 5.82 Å². The van der Waals surface area contributed by atoms with E-state index in [0.717, 1.165) is 10.5 Å². The van der Waals surface area contributed by atoms with Crippen LogP contribution in [0.4, 0.5) is 4.39 Å². The SMILES string of the molecule is CC(O)(c1cc(F)c(Cl)cc1Cl)c1sccc1Br. The number of hydrogen-bond acceptors (Lipinski definition) is 2. The van der Waals surface area contributed by atoms with Gasteiger partial charge in [0, 0.05) is 15.1 Å². The van der Waals surface area contributed by atoms with Gasteiger partial charge in [0.05, 0.1) is 9.90 Å². The Morgan fingerprint density at radius 2 is 2.00 bits per heavy atom. The molecule has 18 heavy (non-hydrogen) atoms. The summed E-state index contributed by atoms with van der Waals surface area (Å²) in [6.45, 7) is 1.57. The topological polar surface area (TPSA) is 20.2 Å². The molecule has 1 nitrogen and oxygen atoms in total. The molecule has 1 unspecified atom stereocenters. The summed E-state index contributed by atoms with van der Waals surface area (Å²) in [5.74, 6) is -0.607. The van der Waals surface area contributed by atoms with Crippen LogP contribution in [0.1, 0.15) is 17.4 Å². The van der Waals surface area contributed by atoms with Crippen molar-refractivity contribution in [3.05, 3.63) is 54.4 Å². The number of halogens is 4. The number of aliphatic hydroxyl groups is 1. The Balaban J connectivity index is 2.61. The van der Waals surface area contributed by atoms with Gasteiger partial charge in [0.2, 0.25) is 0 Å². The molecule has 6 heteroatoms. The van der Waals surface area contributed by atoms with Crippen molar-refractivity contribution in [3.8, 4) is 0 Å². The normalized spacial score (nSPS) is 14.6. The van der Waals surface area contributed by atoms with E-state index >= 15 is 0 Å². The van der Waals surface area contributed by atoms with Crippen LogP contribution in [-0.4, -0.2) is 5.11 Å². The summed E-state index contributed by atoms with van der Waals surface area (Å²) in [5, 5.41) is 12.6. The molecule has 0 fully saturated rings. The molecule has 96 valence electrons. The molecular weight excluding hydrogens is 362 g/mol. The maximum Gasteiger partial charge on any atom is 0.142 e. The van der Waals surface area contributed by atoms with Crippen LogP contribution in [-0.2, 0) is 5.60 Å². The van der Waals surface area contributed by atoms with Crippen LogP contribution in [0.25, 0.3) is 0 Å². The van der Waals surface area contributed by atoms with E-state index in [0.29, 0.717) is 4.88 Å². The molecule has 1 N–H and O–H groups in total. The van der Waals surface area contributed by atoms with Gasteiger partial charge >= 0.3 is 0 Å². The zero-order valence-corrected chi connectivity index (χ0v) is 13.1. The summed E-state index contributed by atoms with van der Waals surface area (Å²) in [7, 11) is 0. The van der Waals surface area contributed by atoms with E-state index < -0.39 is 11.4 Å². The van der Waals surface area contributed by atoms with E-state index in [4.69, 9.17) is 23.2 Å². The largest absolute Gasteiger partial charge is 0.380 e. The van der Waals surface area contributed by atoms with E-state index in [2.05, 4.69) is 15.9 Å². The fourth-order valence-corrected chi connectivity index (χ4v) is 4.06. The first kappa shape index (κ1) is 14.3. The minimum Gasteiger partial charge on any atom is -0.380 e. The van der Waals surface area contributed by atoms with Crippen LogP contribution < -0.4 is 0 Å². The molecule has 1 aromatic carbocycles. The zero-order valence-electron chi connectivity index (χ0n) is 9.18. The number of rotatable bonds is 2. The van der Waals surface area contributed by atoms with Gasteiger partial charge in [-0.1, -0.05) is 23.2 Å². The lowest BCUT2D eigenvalue weighted by Crippen LogP contribution is -2.22. The molecule has 0 amide bonds. The van der Waals surface area contributed by atoms with Gasteiger partial charge in [0.1, 0.15) is 11.4 Å². The van der Waals surface area contributed by atoms with Crippen molar-refractivity contribution >= 4 is 50.5 Å². The summed E-state index contributed by atoms with van der Waals surface area (Å²) >= 11 is 16.4. The second-order valence-electron chi connectivity index (χ2n) is 3.92. The van der Waals surface area contributed by atoms with Crippen LogP contribution in [0.2, 0.25) is 10.0 Å². The van der Waals surface area contributed by atoms with E-state index in [-0.39, 0.29) is 15.6 Å². The lowest BCUT2D eigenvalue weighted by molar-refractivity contribution is 0.105. The van der Waals surface area contributed by atoms with Crippen molar-refractivity contribution in [2.45, 2.75) is 12.5 Å². The summed E-state index contributed by atoms with van der Waals surface area (Å²) in [6.07, 6.45) is 0. The second kappa shape index (κ2) is 5.10. The summed E-state index contributed by atoms with van der Waals surface area (Å²) in [5.41, 5.74) is -1.09. The molecule has 1 atom stereocenters. The smallest absolute Gasteiger partial charge is 0.142 e. The van der Waals surface area contributed by atoms with Crippen LogP contribution >= 0.6 is 50.5 Å². The number of hydrogen-bond donors (Lipinski definition) is 1. The molecule has 0 bridgehead atoms. The minimum absolute atomic E-state index is 0.0650. The van der Waals surface area contributed by atoms with Gasteiger partial charge in [-0.2, -0.15) is 0 Å². The molecule has 2 aromatic rings. The van der Waals surface area contributed by atoms with Crippen molar-refractivity contribution < 1.29 is 9.50 Å². The molecule has 0 saturated carbocycles. The first-order chi connectivity index (χ1) is 8.34. The molecule has 2 rings (SSSR count). The van der Waals surface area contributed by atoms with Gasteiger partial charge in [-0.3, -0.25) is 0 Å². The molecule has 1 heterocycles. The van der Waals surface area contributed by atoms with E-state index in [1.54, 1.807) is 6.92 Å². The Kier molecular flexibility index (Phi) is 4.04. The molecule has 0 aliphatic carbocycles. The van der Waals surface area contributed by atoms with Crippen molar-refractivity contribution in [3.63, 3.8) is 0 Å². The van der Waals surface area contributed by atoms with E-state index in [1.807, 2.05) is 11.4 Å². The van der Waals surface area contributed by atoms with E-state index in [9.17, 15) is 9.50 Å². The molecular formula is C12H8BrCl2FOS. The van der Waals surface area contributed by atoms with Gasteiger partial charge in [0.15, 0.2) is 0 Å². The van der Waals surface area contributed by atoms with Crippen molar-refractivity contribution in [1.82, 2.24) is 0 Å². The Labute approximate surface area is 126 Å². The standard InChI is InChI=1S/C12H8BrCl2FOS/c1-12(17,11-7(13)2-3-18-11)6-4-10(16)9(15)5-8(6)14/h2-5,17H,1H3. The number of thiophene rings is 1. The van der Waals surface area contributed by atoms with E-state index in [1.165, 1.54) is 17.4 Å². The Morgan fingerprint density at radius 1 is 1.33 bits per heavy atom. The molecule has 0 aliphatic heterocycles. The fraction of sp³-hybridized carbons (Fsp3) is 0.167. The lowest BCUT2D eigenvalue weighted by atomic mass is 9.94. The molecule has 0 aliphatic rings. The van der Waals surface area contributed by atoms with Gasteiger partial charge in [0.25, 0.3) is 0 Å². The number of benzene rings is 1. The zero-order chi connectivity index (χ0) is 13.5. The summed E-state index contributed by atoms with van der Waals surface area (Å²) in [4.78, 5) is 0.658. The lowest BCUT2D eigenvalue weighted by Gasteiger charge is -2.24. The highest BCUT2D eigenvalue weighted by molar-refractivity contribution is 9.10. The molecule has 0 radical (unpaired) electrons. The first-order valence-electron chi connectivity index (χ1n) is 4.95. The van der Waals surface area contributed by atoms with Crippen LogP contribution in [0.3, 0.4) is 0 Å².